The fraction of sp³-hybridized carbons (Fsp3) is 0.280. The molecular weight excluding hydrogens is 445 g/mol. The first-order valence-electron chi connectivity index (χ1n) is 10.6. The van der Waals surface area contributed by atoms with Crippen molar-refractivity contribution in [3.05, 3.63) is 82.6 Å². The van der Waals surface area contributed by atoms with Gasteiger partial charge in [0.2, 0.25) is 0 Å². The molecule has 2 atom stereocenters. The number of carbonyl (C=O) groups is 4. The predicted octanol–water partition coefficient (Wildman–Crippen LogP) is 2.07. The number of hydrogen-bond acceptors (Lipinski definition) is 4. The fourth-order valence-corrected chi connectivity index (χ4v) is 3.71. The van der Waals surface area contributed by atoms with Gasteiger partial charge >= 0.3 is 41.6 Å². The fourth-order valence-electron chi connectivity index (χ4n) is 3.71. The van der Waals surface area contributed by atoms with E-state index in [1.807, 2.05) is 49.4 Å². The van der Waals surface area contributed by atoms with E-state index in [1.54, 1.807) is 13.0 Å². The number of benzene rings is 2. The number of aliphatic carboxylic acids is 1. The van der Waals surface area contributed by atoms with Gasteiger partial charge in [-0.1, -0.05) is 54.1 Å². The van der Waals surface area contributed by atoms with Gasteiger partial charge in [0, 0.05) is 18.8 Å². The molecular formula is C25H28N3NaO5. The molecule has 0 saturated heterocycles. The van der Waals surface area contributed by atoms with Gasteiger partial charge in [0.15, 0.2) is 11.8 Å². The first kappa shape index (κ1) is 27.3. The molecule has 8 nitrogen and oxygen atoms in total. The number of carboxylic acids is 1. The van der Waals surface area contributed by atoms with Gasteiger partial charge in [-0.05, 0) is 37.0 Å². The van der Waals surface area contributed by atoms with E-state index in [4.69, 9.17) is 0 Å². The molecule has 9 heteroatoms. The molecule has 1 aliphatic heterocycles. The predicted molar refractivity (Wildman–Crippen MR) is 130 cm³/mol. The molecule has 0 aromatic heterocycles. The third-order valence-corrected chi connectivity index (χ3v) is 5.47. The van der Waals surface area contributed by atoms with Crippen molar-refractivity contribution in [2.75, 3.05) is 7.05 Å². The van der Waals surface area contributed by atoms with Crippen LogP contribution in [0.25, 0.3) is 0 Å². The summed E-state index contributed by atoms with van der Waals surface area (Å²) >= 11 is 0. The van der Waals surface area contributed by atoms with E-state index in [2.05, 4.69) is 10.6 Å². The molecule has 0 spiro atoms. The Morgan fingerprint density at radius 1 is 1.06 bits per heavy atom. The standard InChI is InChI=1S/C25H27N3O5.Na.H/c1-15-7-9-17(10-8-15)11-18-5-4-6-19(12-18)20(13-21(29)30)26-25(33)27-22-23(31)16(2)14-28(3)24(22)32;;/h4-10,12,14,20,22H,11,13H2,1-3H3,(H,29,30)(H2,26,27,33);;/t20-,22?;;/m0../s1. The zero-order valence-corrected chi connectivity index (χ0v) is 18.8. The van der Waals surface area contributed by atoms with Crippen LogP contribution in [-0.4, -0.2) is 76.3 Å². The second-order valence-corrected chi connectivity index (χ2v) is 8.23. The molecule has 0 fully saturated rings. The van der Waals surface area contributed by atoms with Crippen molar-refractivity contribution in [2.45, 2.75) is 38.8 Å². The van der Waals surface area contributed by atoms with E-state index in [9.17, 15) is 24.3 Å². The van der Waals surface area contributed by atoms with Crippen LogP contribution in [-0.2, 0) is 20.8 Å². The van der Waals surface area contributed by atoms with Crippen LogP contribution in [0.2, 0.25) is 0 Å². The summed E-state index contributed by atoms with van der Waals surface area (Å²) < 4.78 is 0. The second kappa shape index (κ2) is 12.0. The number of nitrogens with one attached hydrogen (secondary N) is 2. The molecule has 1 unspecified atom stereocenters. The number of Topliss-reactive ketones (excluding diaryl/α,β-unsaturated/α-hetero) is 1. The third-order valence-electron chi connectivity index (χ3n) is 5.47. The maximum absolute atomic E-state index is 12.6. The Kier molecular flexibility index (Phi) is 9.61. The number of rotatable bonds is 7. The Bertz CT molecular complexity index is 1110. The van der Waals surface area contributed by atoms with E-state index in [0.717, 1.165) is 16.7 Å². The van der Waals surface area contributed by atoms with Gasteiger partial charge in [-0.3, -0.25) is 14.4 Å². The van der Waals surface area contributed by atoms with Gasteiger partial charge in [0.05, 0.1) is 12.5 Å². The topological polar surface area (TPSA) is 116 Å². The molecule has 3 rings (SSSR count). The second-order valence-electron chi connectivity index (χ2n) is 8.23. The first-order chi connectivity index (χ1) is 15.6. The van der Waals surface area contributed by atoms with Crippen molar-refractivity contribution in [1.29, 1.82) is 0 Å². The Hall–Kier alpha value is -2.94. The number of ketones is 1. The minimum atomic E-state index is -1.35. The Morgan fingerprint density at radius 3 is 2.38 bits per heavy atom. The van der Waals surface area contributed by atoms with Crippen molar-refractivity contribution >= 4 is 53.2 Å². The molecule has 2 aromatic rings. The Labute approximate surface area is 220 Å². The molecule has 34 heavy (non-hydrogen) atoms. The van der Waals surface area contributed by atoms with Crippen LogP contribution in [0, 0.1) is 6.92 Å². The number of amides is 3. The van der Waals surface area contributed by atoms with E-state index in [-0.39, 0.29) is 36.0 Å². The van der Waals surface area contributed by atoms with Gasteiger partial charge < -0.3 is 20.6 Å². The summed E-state index contributed by atoms with van der Waals surface area (Å²) in [5.41, 5.74) is 4.20. The molecule has 0 bridgehead atoms. The quantitative estimate of drug-likeness (QED) is 0.421. The van der Waals surface area contributed by atoms with Gasteiger partial charge in [0.25, 0.3) is 5.91 Å². The summed E-state index contributed by atoms with van der Waals surface area (Å²) in [6.45, 7) is 3.58. The summed E-state index contributed by atoms with van der Waals surface area (Å²) in [5, 5.41) is 14.4. The SMILES string of the molecule is CC1=CN(C)C(=O)C(NC(=O)N[C@@H](CC(=O)O)c2cccc(Cc3ccc(C)cc3)c2)C1=O.[NaH]. The van der Waals surface area contributed by atoms with Crippen molar-refractivity contribution in [1.82, 2.24) is 15.5 Å². The average molecular weight is 474 g/mol. The van der Waals surface area contributed by atoms with Crippen LogP contribution in [0.4, 0.5) is 4.79 Å². The summed E-state index contributed by atoms with van der Waals surface area (Å²) in [6.07, 6.45) is 1.71. The molecule has 174 valence electrons. The van der Waals surface area contributed by atoms with Crippen LogP contribution in [0.3, 0.4) is 0 Å². The van der Waals surface area contributed by atoms with Crippen molar-refractivity contribution in [3.63, 3.8) is 0 Å². The van der Waals surface area contributed by atoms with Gasteiger partial charge in [-0.2, -0.15) is 0 Å². The Morgan fingerprint density at radius 2 is 1.74 bits per heavy atom. The first-order valence-corrected chi connectivity index (χ1v) is 10.6. The molecule has 1 aliphatic rings. The van der Waals surface area contributed by atoms with Crippen LogP contribution >= 0.6 is 0 Å². The summed E-state index contributed by atoms with van der Waals surface area (Å²) in [4.78, 5) is 50.0. The summed E-state index contributed by atoms with van der Waals surface area (Å²) in [6, 6.07) is 12.5. The number of hydrogen-bond donors (Lipinski definition) is 3. The Balaban J connectivity index is 0.00000408. The van der Waals surface area contributed by atoms with Crippen LogP contribution in [0.5, 0.6) is 0 Å². The van der Waals surface area contributed by atoms with Gasteiger partial charge in [-0.25, -0.2) is 4.79 Å². The zero-order chi connectivity index (χ0) is 24.1. The molecule has 3 amide bonds. The average Bonchev–Trinajstić information content (AvgIpc) is 2.76. The number of carboxylic acid groups (broad SMARTS) is 1. The molecule has 2 aromatic carbocycles. The van der Waals surface area contributed by atoms with Gasteiger partial charge in [0.1, 0.15) is 0 Å². The maximum atomic E-state index is 12.6. The number of likely N-dealkylation sites (N-methyl/N-ethyl adjacent to an activating group) is 1. The monoisotopic (exact) mass is 473 g/mol. The van der Waals surface area contributed by atoms with E-state index in [0.29, 0.717) is 17.6 Å². The van der Waals surface area contributed by atoms with E-state index < -0.39 is 35.8 Å². The number of nitrogens with zero attached hydrogens (tertiary/aromatic N) is 1. The van der Waals surface area contributed by atoms with Gasteiger partial charge in [-0.15, -0.1) is 0 Å². The summed E-state index contributed by atoms with van der Waals surface area (Å²) in [7, 11) is 1.50. The van der Waals surface area contributed by atoms with Crippen molar-refractivity contribution in [2.24, 2.45) is 0 Å². The van der Waals surface area contributed by atoms with Crippen molar-refractivity contribution < 1.29 is 24.3 Å². The molecule has 0 radical (unpaired) electrons. The number of urea groups is 1. The zero-order valence-electron chi connectivity index (χ0n) is 18.8. The molecule has 1 heterocycles. The number of carbonyl (C=O) groups excluding carboxylic acids is 3. The minimum absolute atomic E-state index is 0. The number of aryl methyl sites for hydroxylation is 1. The molecule has 0 saturated carbocycles. The van der Waals surface area contributed by atoms with E-state index in [1.165, 1.54) is 18.1 Å². The van der Waals surface area contributed by atoms with Crippen LogP contribution in [0.15, 0.2) is 60.3 Å². The molecule has 3 N–H and O–H groups in total. The molecule has 0 aliphatic carbocycles. The normalized spacial score (nSPS) is 16.3. The summed E-state index contributed by atoms with van der Waals surface area (Å²) in [5.74, 6) is -2.15. The van der Waals surface area contributed by atoms with E-state index >= 15 is 0 Å². The van der Waals surface area contributed by atoms with Crippen molar-refractivity contribution in [3.8, 4) is 0 Å². The van der Waals surface area contributed by atoms with Crippen LogP contribution in [0.1, 0.15) is 41.6 Å². The van der Waals surface area contributed by atoms with Crippen LogP contribution < -0.4 is 10.6 Å². The third kappa shape index (κ3) is 7.03.